The van der Waals surface area contributed by atoms with Crippen molar-refractivity contribution in [2.24, 2.45) is 0 Å². The Bertz CT molecular complexity index is 496. The molecule has 24 heavy (non-hydrogen) atoms. The summed E-state index contributed by atoms with van der Waals surface area (Å²) in [5.74, 6) is -0.740. The fourth-order valence-electron chi connectivity index (χ4n) is 2.16. The number of carboxylic acid groups (broad SMARTS) is 1. The molecule has 0 aliphatic carbocycles. The molecule has 128 valence electrons. The first-order chi connectivity index (χ1) is 11.1. The van der Waals surface area contributed by atoms with Gasteiger partial charge in [0.2, 0.25) is 0 Å². The monoisotopic (exact) mass is 345 g/mol. The first-order valence-electron chi connectivity index (χ1n) is 7.96. The molecular formula is C17H24NNaO5. The molecule has 1 aromatic carbocycles. The molecule has 0 saturated heterocycles. The second-order valence-corrected chi connectivity index (χ2v) is 5.21. The molecule has 1 amide bonds. The van der Waals surface area contributed by atoms with Gasteiger partial charge in [0, 0.05) is 12.5 Å². The minimum Gasteiger partial charge on any atom is -0.550 e. The second kappa shape index (κ2) is 14.3. The van der Waals surface area contributed by atoms with Crippen molar-refractivity contribution >= 4 is 11.9 Å². The zero-order valence-corrected chi connectivity index (χ0v) is 16.3. The minimum absolute atomic E-state index is 0. The van der Waals surface area contributed by atoms with E-state index in [-0.39, 0.29) is 55.1 Å². The summed E-state index contributed by atoms with van der Waals surface area (Å²) in [5.41, 5.74) is 0.454. The summed E-state index contributed by atoms with van der Waals surface area (Å²) in [7, 11) is 0. The molecule has 2 N–H and O–H groups in total. The Morgan fingerprint density at radius 1 is 1.08 bits per heavy atom. The molecule has 0 heterocycles. The van der Waals surface area contributed by atoms with Crippen molar-refractivity contribution in [3.05, 3.63) is 29.8 Å². The fraction of sp³-hybridized carbons (Fsp3) is 0.529. The molecule has 0 atom stereocenters. The maximum atomic E-state index is 12.1. The maximum Gasteiger partial charge on any atom is 1.00 e. The fourth-order valence-corrected chi connectivity index (χ4v) is 2.16. The molecule has 6 nitrogen and oxygen atoms in total. The number of benzene rings is 1. The molecule has 0 spiro atoms. The summed E-state index contributed by atoms with van der Waals surface area (Å²) < 4.78 is 5.33. The number of para-hydroxylation sites is 1. The summed E-state index contributed by atoms with van der Waals surface area (Å²) in [5, 5.41) is 21.9. The van der Waals surface area contributed by atoms with E-state index in [0.29, 0.717) is 24.3 Å². The molecule has 0 fully saturated rings. The Morgan fingerprint density at radius 3 is 2.46 bits per heavy atom. The van der Waals surface area contributed by atoms with Crippen LogP contribution in [0.15, 0.2) is 24.3 Å². The van der Waals surface area contributed by atoms with Gasteiger partial charge < -0.3 is 25.1 Å². The van der Waals surface area contributed by atoms with Gasteiger partial charge in [0.15, 0.2) is 0 Å². The van der Waals surface area contributed by atoms with Gasteiger partial charge in [-0.3, -0.25) is 4.79 Å². The number of nitrogens with one attached hydrogen (secondary N) is 1. The smallest absolute Gasteiger partial charge is 0.550 e. The van der Waals surface area contributed by atoms with Crippen molar-refractivity contribution < 1.29 is 54.1 Å². The van der Waals surface area contributed by atoms with Crippen LogP contribution < -0.4 is 44.7 Å². The quantitative estimate of drug-likeness (QED) is 0.333. The Hall–Kier alpha value is -1.08. The van der Waals surface area contributed by atoms with Crippen molar-refractivity contribution in [3.8, 4) is 5.75 Å². The van der Waals surface area contributed by atoms with Crippen molar-refractivity contribution in [2.75, 3.05) is 19.8 Å². The molecule has 0 saturated carbocycles. The van der Waals surface area contributed by atoms with Crippen LogP contribution in [0.25, 0.3) is 0 Å². The van der Waals surface area contributed by atoms with Gasteiger partial charge in [-0.05, 0) is 31.4 Å². The van der Waals surface area contributed by atoms with E-state index in [1.165, 1.54) is 0 Å². The van der Waals surface area contributed by atoms with Gasteiger partial charge in [-0.25, -0.2) is 0 Å². The van der Waals surface area contributed by atoms with Gasteiger partial charge in [0.1, 0.15) is 12.4 Å². The normalized spacial score (nSPS) is 9.88. The SMILES string of the molecule is O=C([O-])CCCCCCCNC(=O)c1ccccc1OCCO.[Na+]. The van der Waals surface area contributed by atoms with E-state index in [0.717, 1.165) is 25.7 Å². The van der Waals surface area contributed by atoms with Crippen LogP contribution in [0, 0.1) is 0 Å². The predicted molar refractivity (Wildman–Crippen MR) is 84.1 cm³/mol. The van der Waals surface area contributed by atoms with Crippen LogP contribution in [0.1, 0.15) is 48.9 Å². The molecule has 0 unspecified atom stereocenters. The van der Waals surface area contributed by atoms with Gasteiger partial charge in [0.25, 0.3) is 5.91 Å². The van der Waals surface area contributed by atoms with Gasteiger partial charge in [-0.1, -0.05) is 31.4 Å². The molecule has 0 aliphatic rings. The molecular weight excluding hydrogens is 321 g/mol. The number of aliphatic carboxylic acids is 1. The van der Waals surface area contributed by atoms with Gasteiger partial charge in [-0.15, -0.1) is 0 Å². The number of rotatable bonds is 12. The summed E-state index contributed by atoms with van der Waals surface area (Å²) in [6.45, 7) is 0.609. The molecule has 7 heteroatoms. The van der Waals surface area contributed by atoms with E-state index in [1.54, 1.807) is 24.3 Å². The number of hydrogen-bond acceptors (Lipinski definition) is 5. The van der Waals surface area contributed by atoms with Crippen LogP contribution >= 0.6 is 0 Å². The van der Waals surface area contributed by atoms with E-state index < -0.39 is 5.97 Å². The molecule has 0 aliphatic heterocycles. The Labute approximate surface area is 164 Å². The first kappa shape index (κ1) is 22.9. The zero-order chi connectivity index (χ0) is 16.9. The average Bonchev–Trinajstić information content (AvgIpc) is 2.55. The maximum absolute atomic E-state index is 12.1. The van der Waals surface area contributed by atoms with Crippen LogP contribution in [0.3, 0.4) is 0 Å². The third-order valence-corrected chi connectivity index (χ3v) is 3.32. The van der Waals surface area contributed by atoms with Gasteiger partial charge in [0.05, 0.1) is 12.2 Å². The number of carboxylic acids is 1. The van der Waals surface area contributed by atoms with Crippen molar-refractivity contribution in [1.29, 1.82) is 0 Å². The Morgan fingerprint density at radius 2 is 1.75 bits per heavy atom. The second-order valence-electron chi connectivity index (χ2n) is 5.21. The first-order valence-corrected chi connectivity index (χ1v) is 7.96. The number of carbonyl (C=O) groups excluding carboxylic acids is 2. The number of amides is 1. The number of carbonyl (C=O) groups is 2. The summed E-state index contributed by atoms with van der Waals surface area (Å²) >= 11 is 0. The number of aliphatic hydroxyl groups is 1. The summed E-state index contributed by atoms with van der Waals surface area (Å²) in [4.78, 5) is 22.4. The largest absolute Gasteiger partial charge is 1.00 e. The van der Waals surface area contributed by atoms with Crippen molar-refractivity contribution in [2.45, 2.75) is 38.5 Å². The zero-order valence-electron chi connectivity index (χ0n) is 14.3. The van der Waals surface area contributed by atoms with Crippen LogP contribution in [-0.4, -0.2) is 36.7 Å². The molecule has 0 bridgehead atoms. The molecule has 1 aromatic rings. The third kappa shape index (κ3) is 9.93. The number of unbranched alkanes of at least 4 members (excludes halogenated alkanes) is 4. The van der Waals surface area contributed by atoms with E-state index in [1.807, 2.05) is 0 Å². The molecule has 0 radical (unpaired) electrons. The van der Waals surface area contributed by atoms with Crippen LogP contribution in [0.2, 0.25) is 0 Å². The van der Waals surface area contributed by atoms with Crippen LogP contribution in [0.4, 0.5) is 0 Å². The van der Waals surface area contributed by atoms with E-state index in [4.69, 9.17) is 9.84 Å². The average molecular weight is 345 g/mol. The summed E-state index contributed by atoms with van der Waals surface area (Å²) in [6, 6.07) is 6.91. The Kier molecular flexibility index (Phi) is 13.6. The van der Waals surface area contributed by atoms with E-state index in [2.05, 4.69) is 5.32 Å². The van der Waals surface area contributed by atoms with E-state index in [9.17, 15) is 14.7 Å². The van der Waals surface area contributed by atoms with E-state index >= 15 is 0 Å². The third-order valence-electron chi connectivity index (χ3n) is 3.32. The minimum atomic E-state index is -1.00. The van der Waals surface area contributed by atoms with Gasteiger partial charge >= 0.3 is 29.6 Å². The number of ether oxygens (including phenoxy) is 1. The topological polar surface area (TPSA) is 98.7 Å². The molecule has 0 aromatic heterocycles. The molecule has 1 rings (SSSR count). The van der Waals surface area contributed by atoms with Crippen LogP contribution in [0.5, 0.6) is 5.75 Å². The number of aliphatic hydroxyl groups excluding tert-OH is 1. The van der Waals surface area contributed by atoms with Crippen LogP contribution in [-0.2, 0) is 4.79 Å². The van der Waals surface area contributed by atoms with Crippen molar-refractivity contribution in [1.82, 2.24) is 5.32 Å². The summed E-state index contributed by atoms with van der Waals surface area (Å²) in [6.07, 6.45) is 4.34. The Balaban J connectivity index is 0.00000529. The number of hydrogen-bond donors (Lipinski definition) is 2. The van der Waals surface area contributed by atoms with Crippen molar-refractivity contribution in [3.63, 3.8) is 0 Å². The standard InChI is InChI=1S/C17H25NO5.Na/c19-12-13-23-15-9-6-5-8-14(15)17(22)18-11-7-3-1-2-4-10-16(20)21;/h5-6,8-9,19H,1-4,7,10-13H2,(H,18,22)(H,20,21);/q;+1/p-1. The predicted octanol–water partition coefficient (Wildman–Crippen LogP) is -2.12. The van der Waals surface area contributed by atoms with Gasteiger partial charge in [-0.2, -0.15) is 0 Å².